The van der Waals surface area contributed by atoms with Gasteiger partial charge in [0, 0.05) is 161 Å². The van der Waals surface area contributed by atoms with E-state index in [-0.39, 0.29) is 46.0 Å². The monoisotopic (exact) mass is 2060 g/mol. The maximum atomic E-state index is 11.5. The molecule has 0 atom stereocenters. The second-order valence-corrected chi connectivity index (χ2v) is 34.6. The number of benzene rings is 14. The van der Waals surface area contributed by atoms with Gasteiger partial charge in [-0.3, -0.25) is 14.4 Å². The van der Waals surface area contributed by atoms with E-state index in [2.05, 4.69) is 99.5 Å². The number of aliphatic hydroxyl groups excluding tert-OH is 1. The molecule has 758 valence electrons. The van der Waals surface area contributed by atoms with Crippen LogP contribution in [-0.2, 0) is 59.3 Å². The largest absolute Gasteiger partial charge is 0.481 e. The first-order valence-corrected chi connectivity index (χ1v) is 50.5. The van der Waals surface area contributed by atoms with Gasteiger partial charge in [-0.25, -0.2) is 34.9 Å². The molecule has 0 saturated carbocycles. The summed E-state index contributed by atoms with van der Waals surface area (Å²) in [5.41, 5.74) is 25.8. The molecule has 0 bridgehead atoms. The van der Waals surface area contributed by atoms with Gasteiger partial charge in [0.15, 0.2) is 81.6 Å². The topological polar surface area (TPSA) is 312 Å². The molecule has 21 nitrogen and oxygen atoms in total. The number of aryl methyl sites for hydroxylation is 4. The third-order valence-electron chi connectivity index (χ3n) is 23.0. The molecule has 5 N–H and O–H groups in total. The summed E-state index contributed by atoms with van der Waals surface area (Å²) in [7, 11) is 0. The number of alkyl halides is 1. The number of ketones is 1. The Morgan fingerprint density at radius 2 is 0.453 bits per heavy atom. The number of carbonyl (C=O) groups excluding carboxylic acids is 2. The van der Waals surface area contributed by atoms with Crippen LogP contribution in [-0.4, -0.2) is 87.8 Å². The van der Waals surface area contributed by atoms with Crippen molar-refractivity contribution in [3.63, 3.8) is 0 Å². The van der Waals surface area contributed by atoms with Crippen LogP contribution in [0.1, 0.15) is 103 Å². The lowest BCUT2D eigenvalue weighted by molar-refractivity contribution is -0.137. The number of nitrogens with two attached hydrogens (primary N) is 1. The fourth-order valence-corrected chi connectivity index (χ4v) is 16.2. The molecule has 0 saturated heterocycles. The van der Waals surface area contributed by atoms with Crippen LogP contribution in [0, 0.1) is 0 Å². The Labute approximate surface area is 884 Å². The molecule has 21 aromatic rings. The van der Waals surface area contributed by atoms with Crippen LogP contribution in [0.15, 0.2) is 456 Å². The number of oxazole rings is 7. The third-order valence-corrected chi connectivity index (χ3v) is 23.4. The van der Waals surface area contributed by atoms with Crippen LogP contribution < -0.4 is 11.1 Å². The first-order valence-electron chi connectivity index (χ1n) is 49.4. The molecule has 7 aromatic heterocycles. The van der Waals surface area contributed by atoms with Crippen molar-refractivity contribution in [1.29, 1.82) is 0 Å². The molecule has 7 heterocycles. The fraction of sp³-hybridized carbons (Fsp3) is 0.156. The number of carboxylic acid groups (broad SMARTS) is 1. The Kier molecular flexibility index (Phi) is 42.5. The molecule has 0 fully saturated rings. The maximum absolute atomic E-state index is 11.5. The van der Waals surface area contributed by atoms with Crippen molar-refractivity contribution >= 4 is 33.6 Å². The van der Waals surface area contributed by atoms with Crippen LogP contribution in [0.5, 0.6) is 0 Å². The number of hydrogen-bond donors (Lipinski definition) is 4. The van der Waals surface area contributed by atoms with Gasteiger partial charge in [0.1, 0.15) is 45.6 Å². The van der Waals surface area contributed by atoms with Crippen LogP contribution in [0.3, 0.4) is 0 Å². The van der Waals surface area contributed by atoms with E-state index >= 15 is 0 Å². The predicted molar refractivity (Wildman–Crippen MR) is 602 cm³/mol. The minimum Gasteiger partial charge on any atom is -0.481 e. The summed E-state index contributed by atoms with van der Waals surface area (Å²) in [6.45, 7) is 6.59. The van der Waals surface area contributed by atoms with E-state index in [1.54, 1.807) is 0 Å². The van der Waals surface area contributed by atoms with E-state index in [4.69, 9.17) is 46.9 Å². The summed E-state index contributed by atoms with van der Waals surface area (Å²) in [6.07, 6.45) is 6.16. The Morgan fingerprint density at radius 3 is 0.640 bits per heavy atom. The number of halogens is 1. The first kappa shape index (κ1) is 110. The molecular formula is C128H122BrN9O12. The van der Waals surface area contributed by atoms with E-state index in [0.717, 1.165) is 189 Å². The van der Waals surface area contributed by atoms with Gasteiger partial charge < -0.3 is 52.2 Å². The number of nitrogens with one attached hydrogen (secondary N) is 1. The number of rotatable bonds is 32. The van der Waals surface area contributed by atoms with Crippen molar-refractivity contribution in [2.45, 2.75) is 106 Å². The van der Waals surface area contributed by atoms with Crippen LogP contribution in [0.2, 0.25) is 0 Å². The summed E-state index contributed by atoms with van der Waals surface area (Å²) in [5, 5.41) is 21.5. The Balaban J connectivity index is 0.000000146. The second kappa shape index (κ2) is 58.0. The van der Waals surface area contributed by atoms with Crippen molar-refractivity contribution in [1.82, 2.24) is 40.2 Å². The molecule has 1 amide bonds. The minimum absolute atomic E-state index is 0. The highest BCUT2D eigenvalue weighted by Gasteiger charge is 2.25. The van der Waals surface area contributed by atoms with Gasteiger partial charge in [-0.05, 0) is 6.42 Å². The van der Waals surface area contributed by atoms with Crippen LogP contribution in [0.25, 0.3) is 158 Å². The van der Waals surface area contributed by atoms with Crippen molar-refractivity contribution in [2.24, 2.45) is 5.73 Å². The predicted octanol–water partition coefficient (Wildman–Crippen LogP) is 30.9. The van der Waals surface area contributed by atoms with E-state index in [9.17, 15) is 14.4 Å². The fourth-order valence-electron chi connectivity index (χ4n) is 15.8. The van der Waals surface area contributed by atoms with Gasteiger partial charge in [0.25, 0.3) is 0 Å². The Morgan fingerprint density at radius 1 is 0.267 bits per heavy atom. The van der Waals surface area contributed by atoms with Gasteiger partial charge in [0.2, 0.25) is 5.91 Å². The zero-order valence-corrected chi connectivity index (χ0v) is 84.2. The number of carboxylic acids is 1. The lowest BCUT2D eigenvalue weighted by Gasteiger charge is -2.00. The molecule has 0 radical (unpaired) electrons. The van der Waals surface area contributed by atoms with E-state index < -0.39 is 5.97 Å². The zero-order valence-electron chi connectivity index (χ0n) is 82.6. The average molecular weight is 2060 g/mol. The molecule has 150 heavy (non-hydrogen) atoms. The molecule has 14 aromatic carbocycles. The van der Waals surface area contributed by atoms with Crippen LogP contribution >= 0.6 is 15.9 Å². The molecule has 0 aliphatic carbocycles. The molecule has 0 aliphatic heterocycles. The number of aromatic nitrogens is 7. The molecule has 0 spiro atoms. The smallest absolute Gasteiger partial charge is 0.303 e. The van der Waals surface area contributed by atoms with E-state index in [1.807, 2.05) is 395 Å². The highest BCUT2D eigenvalue weighted by atomic mass is 79.9. The lowest BCUT2D eigenvalue weighted by Crippen LogP contribution is -2.22. The van der Waals surface area contributed by atoms with Crippen molar-refractivity contribution < 1.29 is 55.5 Å². The average Bonchev–Trinajstić information content (AvgIpc) is 1.66. The number of aliphatic carboxylic acids is 1. The van der Waals surface area contributed by atoms with Gasteiger partial charge in [0.05, 0.1) is 13.0 Å². The van der Waals surface area contributed by atoms with Crippen molar-refractivity contribution in [3.05, 3.63) is 466 Å². The normalized spacial score (nSPS) is 10.5. The molecule has 0 aliphatic rings. The highest BCUT2D eigenvalue weighted by molar-refractivity contribution is 9.09. The highest BCUT2D eigenvalue weighted by Crippen LogP contribution is 2.41. The standard InChI is InChI=1S/C20H19NO2.C19H18N2O2.C18H15NO3.C18H17NO.C17H14BrNO.C17H16N2O.C17H15NO2.2CH4/c1-2-17(22)13-14-18-21-19(15-9-5-3-6-10-15)20(23-18)16-11-7-4-8-12-16;1-14(22)20-13-12-17-21-18(15-8-4-2-5-9-15)19(23-17)16-10-6-3-7-11-16;20-16(21)12-11-15-19-17(13-7-3-1-4-8-13)18(22-15)14-9-5-2-6-10-14;1-2-9-16-19-17(14-10-5-3-6-11-14)18(20-16)15-12-7-4-8-13-15;2*18-12-11-15-19-16(13-7-3-1-4-8-13)17(20-15)14-9-5-2-6-10-14;19-12-11-15-18-16(13-7-3-1-4-8-13)17(20-15)14-9-5-2-6-10-14;;/h3-12H,2,13-14H2,1H3;2-11H,12-13H2,1H3,(H,20,22);1-10H,11-12H2,(H,20,21);3-8,10-13H,2,9H2,1H3;1-10H,11-12H2;1-10H,11-12,18H2;1-10,19H,11-12H2;2*1H4. The SMILES string of the molecule is BrCCc1nc(-c2ccccc2)c(-c2ccccc2)o1.C.C.CC(=O)NCCc1nc(-c2ccccc2)c(-c2ccccc2)o1.CCC(=O)CCc1nc(-c2ccccc2)c(-c2ccccc2)o1.CCCc1nc(-c2ccccc2)c(-c2ccccc2)o1.NCCc1nc(-c2ccccc2)c(-c2ccccc2)o1.O=C(O)CCc1nc(-c2ccccc2)c(-c2ccccc2)o1.OCCc1nc(-c2ccccc2)c(-c2ccccc2)o1. The first-order chi connectivity index (χ1) is 72.8. The Hall–Kier alpha value is -17.4. The number of amides is 1. The number of hydrogen-bond acceptors (Lipinski definition) is 19. The second-order valence-electron chi connectivity index (χ2n) is 33.8. The summed E-state index contributed by atoms with van der Waals surface area (Å²) >= 11 is 3.43. The number of Topliss-reactive ketones (excluding diaryl/α,β-unsaturated/α-hetero) is 1. The van der Waals surface area contributed by atoms with Crippen LogP contribution in [0.4, 0.5) is 0 Å². The zero-order chi connectivity index (χ0) is 103. The van der Waals surface area contributed by atoms with Gasteiger partial charge >= 0.3 is 5.97 Å². The summed E-state index contributed by atoms with van der Waals surface area (Å²) in [4.78, 5) is 65.5. The summed E-state index contributed by atoms with van der Waals surface area (Å²) in [6, 6.07) is 140. The summed E-state index contributed by atoms with van der Waals surface area (Å²) in [5.74, 6) is 9.27. The lowest BCUT2D eigenvalue weighted by atomic mass is 10.1. The minimum atomic E-state index is -0.860. The van der Waals surface area contributed by atoms with Gasteiger partial charge in [-0.15, -0.1) is 0 Å². The summed E-state index contributed by atoms with van der Waals surface area (Å²) < 4.78 is 41.5. The molecule has 21 rings (SSSR count). The number of nitrogens with zero attached hydrogens (tertiary/aromatic N) is 7. The molecule has 0 unspecified atom stereocenters. The van der Waals surface area contributed by atoms with Gasteiger partial charge in [-0.2, -0.15) is 0 Å². The van der Waals surface area contributed by atoms with Crippen molar-refractivity contribution in [3.8, 4) is 158 Å². The Bertz CT molecular complexity index is 6660. The number of aliphatic hydroxyl groups is 1. The van der Waals surface area contributed by atoms with Crippen molar-refractivity contribution in [2.75, 3.05) is 25.0 Å². The maximum Gasteiger partial charge on any atom is 0.303 e. The molecule has 22 heteroatoms. The quantitative estimate of drug-likeness (QED) is 0.0285. The van der Waals surface area contributed by atoms with Gasteiger partial charge in [-0.1, -0.05) is 469 Å². The van der Waals surface area contributed by atoms with E-state index in [1.165, 1.54) is 6.92 Å². The van der Waals surface area contributed by atoms with E-state index in [0.29, 0.717) is 86.8 Å². The molecular weight excluding hydrogens is 1940 g/mol. The number of carbonyl (C=O) groups is 3. The third kappa shape index (κ3) is 31.3.